The van der Waals surface area contributed by atoms with Crippen molar-refractivity contribution >= 4 is 23.4 Å². The fourth-order valence-corrected chi connectivity index (χ4v) is 2.39. The highest BCUT2D eigenvalue weighted by Gasteiger charge is 2.25. The zero-order chi connectivity index (χ0) is 17.8. The molecule has 130 valence electrons. The molecule has 0 aromatic carbocycles. The van der Waals surface area contributed by atoms with E-state index in [0.717, 1.165) is 5.56 Å². The lowest BCUT2D eigenvalue weighted by Crippen LogP contribution is -2.46. The highest BCUT2D eigenvalue weighted by molar-refractivity contribution is 6.30. The van der Waals surface area contributed by atoms with Crippen molar-refractivity contribution in [2.24, 2.45) is 0 Å². The third-order valence-corrected chi connectivity index (χ3v) is 3.86. The van der Waals surface area contributed by atoms with Crippen molar-refractivity contribution in [2.45, 2.75) is 45.4 Å². The van der Waals surface area contributed by atoms with Crippen molar-refractivity contribution in [3.63, 3.8) is 0 Å². The Morgan fingerprint density at radius 3 is 2.35 bits per heavy atom. The van der Waals surface area contributed by atoms with Crippen molar-refractivity contribution in [1.82, 2.24) is 15.1 Å². The predicted molar refractivity (Wildman–Crippen MR) is 89.8 cm³/mol. The molecule has 0 saturated heterocycles. The Hall–Kier alpha value is -1.44. The quantitative estimate of drug-likeness (QED) is 0.831. The number of nitrogens with zero attached hydrogens (tertiary/aromatic N) is 3. The van der Waals surface area contributed by atoms with Crippen LogP contribution in [0.15, 0.2) is 6.07 Å². The third-order valence-electron chi connectivity index (χ3n) is 3.58. The van der Waals surface area contributed by atoms with Gasteiger partial charge in [0.25, 0.3) is 0 Å². The van der Waals surface area contributed by atoms with E-state index in [-0.39, 0.29) is 17.5 Å². The number of methoxy groups -OCH3 is 2. The van der Waals surface area contributed by atoms with E-state index in [0.29, 0.717) is 11.0 Å². The molecule has 1 aromatic heterocycles. The molecule has 0 spiro atoms. The number of ether oxygens (including phenoxy) is 2. The number of likely N-dealkylation sites (N-methyl/N-ethyl adjacent to an activating group) is 1. The van der Waals surface area contributed by atoms with E-state index in [1.807, 2.05) is 27.7 Å². The summed E-state index contributed by atoms with van der Waals surface area (Å²) in [6, 6.07) is 1.11. The van der Waals surface area contributed by atoms with Crippen LogP contribution in [0.5, 0.6) is 0 Å². The lowest BCUT2D eigenvalue weighted by atomic mass is 9.88. The first-order valence-corrected chi connectivity index (χ1v) is 7.62. The van der Waals surface area contributed by atoms with E-state index in [9.17, 15) is 4.79 Å². The van der Waals surface area contributed by atoms with Gasteiger partial charge >= 0.3 is 6.03 Å². The summed E-state index contributed by atoms with van der Waals surface area (Å²) < 4.78 is 10.3. The van der Waals surface area contributed by atoms with E-state index in [2.05, 4.69) is 15.5 Å². The zero-order valence-corrected chi connectivity index (χ0v) is 15.4. The van der Waals surface area contributed by atoms with Crippen LogP contribution < -0.4 is 5.32 Å². The molecule has 0 fully saturated rings. The van der Waals surface area contributed by atoms with Gasteiger partial charge in [-0.1, -0.05) is 32.4 Å². The average Bonchev–Trinajstić information content (AvgIpc) is 2.48. The van der Waals surface area contributed by atoms with Crippen LogP contribution in [0.2, 0.25) is 5.15 Å². The van der Waals surface area contributed by atoms with Crippen molar-refractivity contribution in [3.8, 4) is 0 Å². The Labute approximate surface area is 142 Å². The number of urea groups is 1. The maximum absolute atomic E-state index is 12.3. The Morgan fingerprint density at radius 2 is 1.87 bits per heavy atom. The molecule has 23 heavy (non-hydrogen) atoms. The molecule has 1 unspecified atom stereocenters. The van der Waals surface area contributed by atoms with Crippen molar-refractivity contribution in [3.05, 3.63) is 16.8 Å². The first-order chi connectivity index (χ1) is 10.6. The first-order valence-electron chi connectivity index (χ1n) is 7.25. The second kappa shape index (κ2) is 7.90. The van der Waals surface area contributed by atoms with Crippen LogP contribution in [0.4, 0.5) is 10.6 Å². The number of halogens is 1. The van der Waals surface area contributed by atoms with Crippen LogP contribution in [0, 0.1) is 0 Å². The van der Waals surface area contributed by atoms with Gasteiger partial charge in [0.1, 0.15) is 0 Å². The summed E-state index contributed by atoms with van der Waals surface area (Å²) in [6.07, 6.45) is -0.521. The number of rotatable bonds is 5. The van der Waals surface area contributed by atoms with E-state index < -0.39 is 6.29 Å². The topological polar surface area (TPSA) is 76.6 Å². The molecule has 0 bridgehead atoms. The van der Waals surface area contributed by atoms with Gasteiger partial charge in [-0.3, -0.25) is 5.32 Å². The minimum absolute atomic E-state index is 0.205. The standard InChI is InChI=1S/C15H25ClN4O3/c1-9(13(22-6)23-7)20(5)14(21)17-11-8-10(15(2,3)4)12(16)19-18-11/h8-9,13H,1-7H3,(H,17,18,21). The molecule has 1 aromatic rings. The maximum Gasteiger partial charge on any atom is 0.323 e. The van der Waals surface area contributed by atoms with Crippen LogP contribution in [0.3, 0.4) is 0 Å². The minimum atomic E-state index is -0.521. The van der Waals surface area contributed by atoms with Gasteiger partial charge in [-0.05, 0) is 18.4 Å². The van der Waals surface area contributed by atoms with Crippen LogP contribution in [-0.4, -0.2) is 54.7 Å². The molecule has 7 nitrogen and oxygen atoms in total. The van der Waals surface area contributed by atoms with E-state index >= 15 is 0 Å². The van der Waals surface area contributed by atoms with Crippen molar-refractivity contribution in [1.29, 1.82) is 0 Å². The normalized spacial score (nSPS) is 13.1. The summed E-state index contributed by atoms with van der Waals surface area (Å²) in [7, 11) is 4.70. The molecule has 1 heterocycles. The van der Waals surface area contributed by atoms with Gasteiger partial charge in [0, 0.05) is 26.8 Å². The molecule has 0 aliphatic heterocycles. The van der Waals surface area contributed by atoms with Gasteiger partial charge in [0.15, 0.2) is 17.3 Å². The Bertz CT molecular complexity index is 544. The fraction of sp³-hybridized carbons (Fsp3) is 0.667. The van der Waals surface area contributed by atoms with Crippen molar-refractivity contribution in [2.75, 3.05) is 26.6 Å². The van der Waals surface area contributed by atoms with E-state index in [4.69, 9.17) is 21.1 Å². The highest BCUT2D eigenvalue weighted by Crippen LogP contribution is 2.29. The third kappa shape index (κ3) is 5.02. The number of aromatic nitrogens is 2. The van der Waals surface area contributed by atoms with E-state index in [1.165, 1.54) is 19.1 Å². The Balaban J connectivity index is 2.89. The minimum Gasteiger partial charge on any atom is -0.354 e. The smallest absolute Gasteiger partial charge is 0.323 e. The number of hydrogen-bond acceptors (Lipinski definition) is 5. The molecule has 1 atom stereocenters. The van der Waals surface area contributed by atoms with Gasteiger partial charge < -0.3 is 14.4 Å². The molecule has 0 aliphatic rings. The van der Waals surface area contributed by atoms with Gasteiger partial charge in [-0.15, -0.1) is 10.2 Å². The van der Waals surface area contributed by atoms with Crippen LogP contribution >= 0.6 is 11.6 Å². The number of carbonyl (C=O) groups is 1. The summed E-state index contributed by atoms with van der Waals surface area (Å²) in [6.45, 7) is 7.86. The highest BCUT2D eigenvalue weighted by atomic mass is 35.5. The molecule has 2 amide bonds. The van der Waals surface area contributed by atoms with Crippen molar-refractivity contribution < 1.29 is 14.3 Å². The first kappa shape index (κ1) is 19.6. The summed E-state index contributed by atoms with van der Waals surface area (Å²) >= 11 is 6.08. The van der Waals surface area contributed by atoms with Gasteiger partial charge in [-0.25, -0.2) is 4.79 Å². The number of nitrogens with one attached hydrogen (secondary N) is 1. The second-order valence-electron chi connectivity index (χ2n) is 6.31. The summed E-state index contributed by atoms with van der Waals surface area (Å²) in [5, 5.41) is 10.9. The Kier molecular flexibility index (Phi) is 6.73. The lowest BCUT2D eigenvalue weighted by molar-refractivity contribution is -0.132. The largest absolute Gasteiger partial charge is 0.354 e. The van der Waals surface area contributed by atoms with Crippen LogP contribution in [-0.2, 0) is 14.9 Å². The van der Waals surface area contributed by atoms with Gasteiger partial charge in [0.2, 0.25) is 0 Å². The number of carbonyl (C=O) groups excluding carboxylic acids is 1. The molecular weight excluding hydrogens is 320 g/mol. The zero-order valence-electron chi connectivity index (χ0n) is 14.7. The molecule has 0 aliphatic carbocycles. The second-order valence-corrected chi connectivity index (χ2v) is 6.66. The molecule has 1 rings (SSSR count). The number of anilines is 1. The van der Waals surface area contributed by atoms with Crippen LogP contribution in [0.1, 0.15) is 33.3 Å². The van der Waals surface area contributed by atoms with Gasteiger partial charge in [0.05, 0.1) is 6.04 Å². The molecule has 0 radical (unpaired) electrons. The molecule has 8 heteroatoms. The van der Waals surface area contributed by atoms with Gasteiger partial charge in [-0.2, -0.15) is 0 Å². The molecular formula is C15H25ClN4O3. The van der Waals surface area contributed by atoms with E-state index in [1.54, 1.807) is 13.1 Å². The number of hydrogen-bond donors (Lipinski definition) is 1. The lowest BCUT2D eigenvalue weighted by Gasteiger charge is -2.30. The molecule has 0 saturated carbocycles. The number of amides is 2. The predicted octanol–water partition coefficient (Wildman–Crippen LogP) is 2.90. The average molecular weight is 345 g/mol. The molecule has 1 N–H and O–H groups in total. The summed E-state index contributed by atoms with van der Waals surface area (Å²) in [5.41, 5.74) is 0.606. The SMILES string of the molecule is COC(OC)C(C)N(C)C(=O)Nc1cc(C(C)(C)C)c(Cl)nn1. The Morgan fingerprint density at radius 1 is 1.30 bits per heavy atom. The fourth-order valence-electron chi connectivity index (χ4n) is 2.02. The summed E-state index contributed by atoms with van der Waals surface area (Å²) in [4.78, 5) is 13.8. The monoisotopic (exact) mass is 344 g/mol. The maximum atomic E-state index is 12.3. The summed E-state index contributed by atoms with van der Waals surface area (Å²) in [5.74, 6) is 0.342. The van der Waals surface area contributed by atoms with Crippen LogP contribution in [0.25, 0.3) is 0 Å².